The molecule has 0 atom stereocenters. The smallest absolute Gasteiger partial charge is 0.171 e. The number of nitrogens with zero attached hydrogens (tertiary/aromatic N) is 2. The Labute approximate surface area is 133 Å². The van der Waals surface area contributed by atoms with Crippen LogP contribution in [0.4, 0.5) is 13.2 Å². The molecule has 0 spiro atoms. The van der Waals surface area contributed by atoms with Gasteiger partial charge in [-0.05, 0) is 36.4 Å². The molecule has 0 bridgehead atoms. The van der Waals surface area contributed by atoms with Crippen molar-refractivity contribution in [2.24, 2.45) is 0 Å². The number of benzene rings is 2. The molecular weight excluding hydrogens is 336 g/mol. The van der Waals surface area contributed by atoms with Crippen LogP contribution in [0.3, 0.4) is 0 Å². The van der Waals surface area contributed by atoms with Crippen LogP contribution in [0.1, 0.15) is 0 Å². The first-order valence-corrected chi connectivity index (χ1v) is 6.87. The van der Waals surface area contributed by atoms with Gasteiger partial charge in [-0.2, -0.15) is 0 Å². The van der Waals surface area contributed by atoms with Crippen molar-refractivity contribution in [3.63, 3.8) is 0 Å². The van der Waals surface area contributed by atoms with E-state index < -0.39 is 23.0 Å². The third-order valence-corrected chi connectivity index (χ3v) is 3.64. The molecule has 0 saturated heterocycles. The molecule has 0 radical (unpaired) electrons. The zero-order valence-electron chi connectivity index (χ0n) is 10.8. The van der Waals surface area contributed by atoms with Crippen LogP contribution in [0.25, 0.3) is 16.9 Å². The Hall–Kier alpha value is -1.98. The fourth-order valence-corrected chi connectivity index (χ4v) is 2.45. The highest BCUT2D eigenvalue weighted by Crippen LogP contribution is 2.34. The second-order valence-corrected chi connectivity index (χ2v) is 5.24. The Morgan fingerprint density at radius 1 is 0.864 bits per heavy atom. The molecule has 0 aliphatic heterocycles. The second-order valence-electron chi connectivity index (χ2n) is 4.45. The Bertz CT molecular complexity index is 845. The van der Waals surface area contributed by atoms with E-state index in [1.807, 2.05) is 0 Å². The Balaban J connectivity index is 2.27. The minimum absolute atomic E-state index is 0.0708. The van der Waals surface area contributed by atoms with E-state index in [9.17, 15) is 13.2 Å². The fourth-order valence-electron chi connectivity index (χ4n) is 2.09. The van der Waals surface area contributed by atoms with Crippen LogP contribution in [-0.4, -0.2) is 9.55 Å². The molecule has 3 rings (SSSR count). The molecule has 0 amide bonds. The molecule has 0 N–H and O–H groups in total. The van der Waals surface area contributed by atoms with E-state index in [4.69, 9.17) is 23.2 Å². The van der Waals surface area contributed by atoms with E-state index in [1.165, 1.54) is 10.9 Å². The van der Waals surface area contributed by atoms with Crippen molar-refractivity contribution in [3.8, 4) is 16.9 Å². The van der Waals surface area contributed by atoms with E-state index in [2.05, 4.69) is 4.98 Å². The molecule has 0 saturated carbocycles. The Morgan fingerprint density at radius 2 is 1.50 bits per heavy atom. The molecule has 2 nitrogen and oxygen atoms in total. The largest absolute Gasteiger partial charge is 0.297 e. The highest BCUT2D eigenvalue weighted by Gasteiger charge is 2.23. The molecule has 0 aliphatic rings. The summed E-state index contributed by atoms with van der Waals surface area (Å²) >= 11 is 11.8. The van der Waals surface area contributed by atoms with E-state index in [-0.39, 0.29) is 10.8 Å². The van der Waals surface area contributed by atoms with Gasteiger partial charge in [0.25, 0.3) is 0 Å². The molecule has 0 unspecified atom stereocenters. The van der Waals surface area contributed by atoms with Crippen molar-refractivity contribution in [2.45, 2.75) is 0 Å². The number of hydrogen-bond acceptors (Lipinski definition) is 1. The van der Waals surface area contributed by atoms with Gasteiger partial charge in [-0.3, -0.25) is 4.57 Å². The highest BCUT2D eigenvalue weighted by molar-refractivity contribution is 6.32. The van der Waals surface area contributed by atoms with Crippen molar-refractivity contribution in [2.75, 3.05) is 0 Å². The van der Waals surface area contributed by atoms with Crippen LogP contribution in [-0.2, 0) is 0 Å². The maximum absolute atomic E-state index is 14.0. The van der Waals surface area contributed by atoms with Crippen LogP contribution in [0.15, 0.2) is 42.7 Å². The van der Waals surface area contributed by atoms with E-state index in [1.54, 1.807) is 24.3 Å². The van der Waals surface area contributed by atoms with Gasteiger partial charge in [0.05, 0.1) is 11.3 Å². The number of rotatable bonds is 2. The number of halogens is 5. The van der Waals surface area contributed by atoms with Gasteiger partial charge in [-0.15, -0.1) is 0 Å². The van der Waals surface area contributed by atoms with Gasteiger partial charge in [0.2, 0.25) is 0 Å². The maximum atomic E-state index is 14.0. The topological polar surface area (TPSA) is 17.8 Å². The minimum Gasteiger partial charge on any atom is -0.297 e. The summed E-state index contributed by atoms with van der Waals surface area (Å²) in [7, 11) is 0. The van der Waals surface area contributed by atoms with E-state index in [0.717, 1.165) is 6.07 Å². The summed E-state index contributed by atoms with van der Waals surface area (Å²) in [5, 5.41) is 0.359. The molecule has 0 fully saturated rings. The third-order valence-electron chi connectivity index (χ3n) is 3.11. The molecule has 1 aromatic heterocycles. The number of imidazole rings is 1. The van der Waals surface area contributed by atoms with Gasteiger partial charge in [0.15, 0.2) is 16.8 Å². The van der Waals surface area contributed by atoms with Gasteiger partial charge in [-0.25, -0.2) is 18.2 Å². The van der Waals surface area contributed by atoms with Crippen molar-refractivity contribution >= 4 is 23.2 Å². The van der Waals surface area contributed by atoms with Crippen LogP contribution in [0.5, 0.6) is 0 Å². The summed E-state index contributed by atoms with van der Waals surface area (Å²) < 4.78 is 42.8. The molecule has 3 aromatic rings. The molecule has 112 valence electrons. The first-order valence-electron chi connectivity index (χ1n) is 6.11. The summed E-state index contributed by atoms with van der Waals surface area (Å²) in [5.41, 5.74) is -0.113. The Morgan fingerprint density at radius 3 is 2.18 bits per heavy atom. The van der Waals surface area contributed by atoms with Crippen LogP contribution in [0.2, 0.25) is 10.2 Å². The maximum Gasteiger partial charge on any atom is 0.171 e. The fraction of sp³-hybridized carbons (Fsp3) is 0. The van der Waals surface area contributed by atoms with Crippen molar-refractivity contribution < 1.29 is 13.2 Å². The zero-order valence-corrected chi connectivity index (χ0v) is 12.3. The lowest BCUT2D eigenvalue weighted by Gasteiger charge is -2.11. The summed E-state index contributed by atoms with van der Waals surface area (Å²) in [6, 6.07) is 8.01. The molecule has 7 heteroatoms. The molecule has 22 heavy (non-hydrogen) atoms. The predicted molar refractivity (Wildman–Crippen MR) is 78.9 cm³/mol. The monoisotopic (exact) mass is 342 g/mol. The molecular formula is C15H7Cl2F3N2. The number of hydrogen-bond donors (Lipinski definition) is 0. The van der Waals surface area contributed by atoms with Gasteiger partial charge < -0.3 is 0 Å². The average molecular weight is 343 g/mol. The first kappa shape index (κ1) is 14.9. The summed E-state index contributed by atoms with van der Waals surface area (Å²) in [5.74, 6) is -3.43. The van der Waals surface area contributed by atoms with Gasteiger partial charge >= 0.3 is 0 Å². The van der Waals surface area contributed by atoms with Gasteiger partial charge in [0, 0.05) is 10.7 Å². The highest BCUT2D eigenvalue weighted by atomic mass is 35.5. The Kier molecular flexibility index (Phi) is 3.85. The van der Waals surface area contributed by atoms with Crippen LogP contribution < -0.4 is 0 Å². The standard InChI is InChI=1S/C15H7Cl2F3N2/c16-8-1-3-9(4-2-8)22-7-21-15(17)14(22)12-10(18)5-6-11(19)13(12)20/h1-7H. The normalized spacial score (nSPS) is 11.0. The van der Waals surface area contributed by atoms with Crippen molar-refractivity contribution in [3.05, 3.63) is 70.4 Å². The van der Waals surface area contributed by atoms with E-state index in [0.29, 0.717) is 16.8 Å². The quantitative estimate of drug-likeness (QED) is 0.580. The van der Waals surface area contributed by atoms with Crippen LogP contribution in [0, 0.1) is 17.5 Å². The second kappa shape index (κ2) is 5.66. The zero-order chi connectivity index (χ0) is 15.9. The van der Waals surface area contributed by atoms with E-state index >= 15 is 0 Å². The lowest BCUT2D eigenvalue weighted by molar-refractivity contribution is 0.498. The van der Waals surface area contributed by atoms with Crippen molar-refractivity contribution in [1.29, 1.82) is 0 Å². The van der Waals surface area contributed by atoms with Crippen LogP contribution >= 0.6 is 23.2 Å². The first-order chi connectivity index (χ1) is 10.5. The predicted octanol–water partition coefficient (Wildman–Crippen LogP) is 5.26. The molecule has 0 aliphatic carbocycles. The lowest BCUT2D eigenvalue weighted by Crippen LogP contribution is -2.01. The molecule has 2 aromatic carbocycles. The third kappa shape index (κ3) is 2.46. The number of aromatic nitrogens is 2. The van der Waals surface area contributed by atoms with Crippen molar-refractivity contribution in [1.82, 2.24) is 9.55 Å². The SMILES string of the molecule is Fc1ccc(F)c(-c2c(Cl)ncn2-c2ccc(Cl)cc2)c1F. The van der Waals surface area contributed by atoms with Gasteiger partial charge in [0.1, 0.15) is 12.1 Å². The molecule has 1 heterocycles. The average Bonchev–Trinajstić information content (AvgIpc) is 2.86. The summed E-state index contributed by atoms with van der Waals surface area (Å²) in [6.45, 7) is 0. The summed E-state index contributed by atoms with van der Waals surface area (Å²) in [4.78, 5) is 3.84. The summed E-state index contributed by atoms with van der Waals surface area (Å²) in [6.07, 6.45) is 1.30. The van der Waals surface area contributed by atoms with Gasteiger partial charge in [-0.1, -0.05) is 23.2 Å². The minimum atomic E-state index is -1.32. The lowest BCUT2D eigenvalue weighted by atomic mass is 10.1.